The highest BCUT2D eigenvalue weighted by Gasteiger charge is 2.16. The lowest BCUT2D eigenvalue weighted by Gasteiger charge is -2.08. The zero-order chi connectivity index (χ0) is 13.1. The molecule has 0 aromatic heterocycles. The van der Waals surface area contributed by atoms with Gasteiger partial charge in [0.2, 0.25) is 0 Å². The fourth-order valence-corrected chi connectivity index (χ4v) is 1.78. The van der Waals surface area contributed by atoms with Crippen LogP contribution < -0.4 is 4.74 Å². The summed E-state index contributed by atoms with van der Waals surface area (Å²) >= 11 is 5.76. The maximum absolute atomic E-state index is 11.2. The lowest BCUT2D eigenvalue weighted by atomic mass is 9.96. The molecule has 0 aliphatic heterocycles. The maximum atomic E-state index is 11.2. The molecule has 1 rings (SSSR count). The van der Waals surface area contributed by atoms with Gasteiger partial charge in [-0.2, -0.15) is 8.42 Å². The van der Waals surface area contributed by atoms with Crippen LogP contribution in [0.4, 0.5) is 0 Å². The van der Waals surface area contributed by atoms with Crippen LogP contribution in [0.2, 0.25) is 5.02 Å². The zero-order valence-electron chi connectivity index (χ0n) is 9.01. The average molecular weight is 277 g/mol. The predicted octanol–water partition coefficient (Wildman–Crippen LogP) is 0.266. The Labute approximate surface area is 105 Å². The van der Waals surface area contributed by atoms with Crippen LogP contribution in [0.15, 0.2) is 18.2 Å². The number of rotatable bonds is 4. The molecule has 0 amide bonds. The summed E-state index contributed by atoms with van der Waals surface area (Å²) in [6.45, 7) is 0. The Morgan fingerprint density at radius 2 is 2.12 bits per heavy atom. The van der Waals surface area contributed by atoms with Crippen molar-refractivity contribution in [2.45, 2.75) is 6.32 Å². The van der Waals surface area contributed by atoms with Gasteiger partial charge in [0.05, 0.1) is 0 Å². The fraction of sp³-hybridized carbons (Fsp3) is 0.222. The molecule has 0 saturated carbocycles. The summed E-state index contributed by atoms with van der Waals surface area (Å²) in [7, 11) is -2.53. The van der Waals surface area contributed by atoms with Crippen molar-refractivity contribution in [3.8, 4) is 5.75 Å². The maximum Gasteiger partial charge on any atom is 0.329 e. The lowest BCUT2D eigenvalue weighted by Crippen LogP contribution is -2.20. The number of esters is 1. The smallest absolute Gasteiger partial charge is 0.329 e. The molecule has 0 spiro atoms. The molecule has 0 unspecified atom stereocenters. The highest BCUT2D eigenvalue weighted by molar-refractivity contribution is 7.86. The first-order chi connectivity index (χ1) is 7.81. The summed E-state index contributed by atoms with van der Waals surface area (Å²) in [5, 5.41) is 0.497. The van der Waals surface area contributed by atoms with Crippen molar-refractivity contribution >= 4 is 35.5 Å². The summed E-state index contributed by atoms with van der Waals surface area (Å²) in [6, 6.07) is 4.62. The van der Waals surface area contributed by atoms with Crippen LogP contribution in [0, 0.1) is 0 Å². The Hall–Kier alpha value is -1.05. The molecule has 1 aromatic carbocycles. The Kier molecular flexibility index (Phi) is 4.56. The van der Waals surface area contributed by atoms with E-state index in [2.05, 4.69) is 0 Å². The van der Waals surface area contributed by atoms with E-state index in [1.54, 1.807) is 6.07 Å². The van der Waals surface area contributed by atoms with Crippen molar-refractivity contribution in [2.75, 3.05) is 5.75 Å². The number of hydrogen-bond donors (Lipinski definition) is 1. The monoisotopic (exact) mass is 276 g/mol. The molecular formula is C9H10BClO5S. The molecule has 0 aliphatic carbocycles. The first-order valence-electron chi connectivity index (χ1n) is 4.76. The summed E-state index contributed by atoms with van der Waals surface area (Å²) in [5.41, 5.74) is 0.682. The summed E-state index contributed by atoms with van der Waals surface area (Å²) in [6.07, 6.45) is 0.578. The summed E-state index contributed by atoms with van der Waals surface area (Å²) in [4.78, 5) is 11.2. The molecule has 0 radical (unpaired) electrons. The highest BCUT2D eigenvalue weighted by Crippen LogP contribution is 2.22. The van der Waals surface area contributed by atoms with Crippen LogP contribution in [0.3, 0.4) is 0 Å². The molecule has 92 valence electrons. The van der Waals surface area contributed by atoms with Gasteiger partial charge in [-0.05, 0) is 23.8 Å². The van der Waals surface area contributed by atoms with Gasteiger partial charge in [-0.25, -0.2) is 0 Å². The second-order valence-electron chi connectivity index (χ2n) is 3.31. The normalized spacial score (nSPS) is 11.2. The van der Waals surface area contributed by atoms with E-state index < -0.39 is 21.8 Å². The van der Waals surface area contributed by atoms with Crippen molar-refractivity contribution in [3.05, 3.63) is 28.8 Å². The Morgan fingerprint density at radius 3 is 2.65 bits per heavy atom. The van der Waals surface area contributed by atoms with Gasteiger partial charge in [0.25, 0.3) is 10.1 Å². The van der Waals surface area contributed by atoms with Gasteiger partial charge < -0.3 is 4.74 Å². The van der Waals surface area contributed by atoms with Gasteiger partial charge >= 0.3 is 5.97 Å². The van der Waals surface area contributed by atoms with Crippen molar-refractivity contribution < 1.29 is 22.5 Å². The summed E-state index contributed by atoms with van der Waals surface area (Å²) < 4.78 is 34.3. The minimum absolute atomic E-state index is 0.241. The number of carbonyl (C=O) groups excluding carboxylic acids is 1. The van der Waals surface area contributed by atoms with Gasteiger partial charge in [-0.3, -0.25) is 9.35 Å². The van der Waals surface area contributed by atoms with Crippen molar-refractivity contribution in [3.63, 3.8) is 0 Å². The molecule has 17 heavy (non-hydrogen) atoms. The van der Waals surface area contributed by atoms with Crippen LogP contribution in [0.5, 0.6) is 5.75 Å². The SMILES string of the molecule is BCc1cc(Cl)ccc1OC(=O)CS(=O)(=O)O. The molecule has 0 atom stereocenters. The van der Waals surface area contributed by atoms with Crippen molar-refractivity contribution in [1.82, 2.24) is 0 Å². The minimum Gasteiger partial charge on any atom is -0.425 e. The first kappa shape index (κ1) is 14.0. The van der Waals surface area contributed by atoms with Crippen LogP contribution in [-0.2, 0) is 21.2 Å². The third-order valence-electron chi connectivity index (χ3n) is 1.93. The third kappa shape index (κ3) is 4.76. The Balaban J connectivity index is 2.85. The second kappa shape index (κ2) is 5.53. The molecule has 0 fully saturated rings. The van der Waals surface area contributed by atoms with Crippen LogP contribution >= 0.6 is 11.6 Å². The summed E-state index contributed by atoms with van der Waals surface area (Å²) in [5.74, 6) is -1.87. The number of carbonyl (C=O) groups is 1. The highest BCUT2D eigenvalue weighted by atomic mass is 35.5. The number of hydrogen-bond acceptors (Lipinski definition) is 4. The molecule has 0 saturated heterocycles. The minimum atomic E-state index is -4.37. The van der Waals surface area contributed by atoms with E-state index >= 15 is 0 Å². The van der Waals surface area contributed by atoms with Crippen molar-refractivity contribution in [2.24, 2.45) is 0 Å². The molecule has 0 heterocycles. The quantitative estimate of drug-likeness (QED) is 0.369. The van der Waals surface area contributed by atoms with Crippen molar-refractivity contribution in [1.29, 1.82) is 0 Å². The number of ether oxygens (including phenoxy) is 1. The van der Waals surface area contributed by atoms with Gasteiger partial charge in [0.1, 0.15) is 13.6 Å². The Morgan fingerprint density at radius 1 is 1.47 bits per heavy atom. The van der Waals surface area contributed by atoms with E-state index in [1.807, 2.05) is 7.85 Å². The molecule has 1 aromatic rings. The molecule has 0 aliphatic rings. The Bertz CT molecular complexity index is 528. The van der Waals surface area contributed by atoms with Gasteiger partial charge in [-0.15, -0.1) is 0 Å². The topological polar surface area (TPSA) is 80.7 Å². The third-order valence-corrected chi connectivity index (χ3v) is 2.76. The largest absolute Gasteiger partial charge is 0.425 e. The average Bonchev–Trinajstić information content (AvgIpc) is 2.17. The molecule has 1 N–H and O–H groups in total. The first-order valence-corrected chi connectivity index (χ1v) is 6.75. The van der Waals surface area contributed by atoms with Crippen LogP contribution in [0.25, 0.3) is 0 Å². The zero-order valence-corrected chi connectivity index (χ0v) is 10.6. The van der Waals surface area contributed by atoms with E-state index in [1.165, 1.54) is 12.1 Å². The van der Waals surface area contributed by atoms with E-state index in [4.69, 9.17) is 20.9 Å². The van der Waals surface area contributed by atoms with Crippen LogP contribution in [-0.4, -0.2) is 32.5 Å². The molecule has 0 bridgehead atoms. The van der Waals surface area contributed by atoms with E-state index in [9.17, 15) is 13.2 Å². The predicted molar refractivity (Wildman–Crippen MR) is 65.8 cm³/mol. The molecule has 5 nitrogen and oxygen atoms in total. The number of benzene rings is 1. The van der Waals surface area contributed by atoms with E-state index in [-0.39, 0.29) is 5.75 Å². The molecular weight excluding hydrogens is 266 g/mol. The van der Waals surface area contributed by atoms with E-state index in [0.29, 0.717) is 16.9 Å². The molecule has 8 heteroatoms. The van der Waals surface area contributed by atoms with Crippen LogP contribution in [0.1, 0.15) is 5.56 Å². The van der Waals surface area contributed by atoms with Gasteiger partial charge in [-0.1, -0.05) is 17.9 Å². The van der Waals surface area contributed by atoms with E-state index in [0.717, 1.165) is 0 Å². The second-order valence-corrected chi connectivity index (χ2v) is 5.19. The standard InChI is InChI=1S/C9H10BClO5S/c10-4-6-3-7(11)1-2-8(6)16-9(12)5-17(13,14)15/h1-3H,4-5,10H2,(H,13,14,15). The van der Waals surface area contributed by atoms with Gasteiger partial charge in [0.15, 0.2) is 5.75 Å². The number of halogens is 1. The fourth-order valence-electron chi connectivity index (χ4n) is 1.22. The van der Waals surface area contributed by atoms with Gasteiger partial charge in [0, 0.05) is 5.02 Å². The lowest BCUT2D eigenvalue weighted by molar-refractivity contribution is -0.131.